The number of hydrogen-bond donors (Lipinski definition) is 1. The molecular formula is C15H22F3NO. The second kappa shape index (κ2) is 9.77. The fourth-order valence-corrected chi connectivity index (χ4v) is 1.97. The summed E-state index contributed by atoms with van der Waals surface area (Å²) in [6, 6.07) is 1.57. The smallest absolute Gasteiger partial charge is 0.161 e. The zero-order valence-corrected chi connectivity index (χ0v) is 11.9. The number of rotatable bonds is 10. The molecule has 0 heterocycles. The first-order chi connectivity index (χ1) is 9.65. The molecule has 1 rings (SSSR count). The Morgan fingerprint density at radius 2 is 1.60 bits per heavy atom. The van der Waals surface area contributed by atoms with Crippen LogP contribution in [0.4, 0.5) is 13.2 Å². The number of methoxy groups -OCH3 is 1. The average Bonchev–Trinajstić information content (AvgIpc) is 2.42. The number of aryl methyl sites for hydroxylation is 1. The summed E-state index contributed by atoms with van der Waals surface area (Å²) >= 11 is 0. The molecule has 0 aliphatic rings. The lowest BCUT2D eigenvalue weighted by Gasteiger charge is -2.05. The van der Waals surface area contributed by atoms with Crippen molar-refractivity contribution in [2.24, 2.45) is 0 Å². The zero-order valence-electron chi connectivity index (χ0n) is 11.9. The lowest BCUT2D eigenvalue weighted by atomic mass is 10.1. The van der Waals surface area contributed by atoms with Gasteiger partial charge in [0.1, 0.15) is 5.82 Å². The minimum absolute atomic E-state index is 0.252. The van der Waals surface area contributed by atoms with E-state index in [4.69, 9.17) is 4.74 Å². The summed E-state index contributed by atoms with van der Waals surface area (Å²) in [5.41, 5.74) is 0.252. The van der Waals surface area contributed by atoms with Gasteiger partial charge in [0.25, 0.3) is 0 Å². The van der Waals surface area contributed by atoms with Gasteiger partial charge in [0.15, 0.2) is 11.6 Å². The summed E-state index contributed by atoms with van der Waals surface area (Å²) in [5, 5.41) is 3.24. The highest BCUT2D eigenvalue weighted by Gasteiger charge is 2.09. The zero-order chi connectivity index (χ0) is 14.8. The standard InChI is InChI=1S/C15H22F3NO/c1-20-9-8-19-7-5-3-2-4-6-12-10-14(17)15(18)11-13(12)16/h10-11,19H,2-9H2,1H3. The van der Waals surface area contributed by atoms with Crippen LogP contribution in [0.3, 0.4) is 0 Å². The minimum atomic E-state index is -1.13. The van der Waals surface area contributed by atoms with Crippen molar-refractivity contribution in [2.45, 2.75) is 32.1 Å². The van der Waals surface area contributed by atoms with Crippen LogP contribution in [0.25, 0.3) is 0 Å². The number of hydrogen-bond acceptors (Lipinski definition) is 2. The molecule has 0 radical (unpaired) electrons. The molecule has 1 aromatic rings. The Kier molecular flexibility index (Phi) is 8.30. The molecule has 1 N–H and O–H groups in total. The van der Waals surface area contributed by atoms with Crippen molar-refractivity contribution in [1.82, 2.24) is 5.32 Å². The van der Waals surface area contributed by atoms with Crippen LogP contribution in [0.15, 0.2) is 12.1 Å². The van der Waals surface area contributed by atoms with Gasteiger partial charge >= 0.3 is 0 Å². The highest BCUT2D eigenvalue weighted by atomic mass is 19.2. The predicted octanol–water partition coefficient (Wildman–Crippen LogP) is 3.44. The van der Waals surface area contributed by atoms with E-state index in [0.29, 0.717) is 19.1 Å². The van der Waals surface area contributed by atoms with E-state index in [-0.39, 0.29) is 5.56 Å². The number of nitrogens with one attached hydrogen (secondary N) is 1. The Morgan fingerprint density at radius 3 is 2.35 bits per heavy atom. The average molecular weight is 289 g/mol. The first-order valence-corrected chi connectivity index (χ1v) is 6.98. The Labute approximate surface area is 118 Å². The van der Waals surface area contributed by atoms with Crippen LogP contribution in [0.5, 0.6) is 0 Å². The first-order valence-electron chi connectivity index (χ1n) is 6.98. The predicted molar refractivity (Wildman–Crippen MR) is 73.2 cm³/mol. The van der Waals surface area contributed by atoms with Crippen LogP contribution in [-0.4, -0.2) is 26.8 Å². The monoisotopic (exact) mass is 289 g/mol. The van der Waals surface area contributed by atoms with E-state index in [0.717, 1.165) is 44.8 Å². The van der Waals surface area contributed by atoms with Crippen molar-refractivity contribution in [3.8, 4) is 0 Å². The third-order valence-corrected chi connectivity index (χ3v) is 3.12. The van der Waals surface area contributed by atoms with Crippen LogP contribution in [0.2, 0.25) is 0 Å². The molecule has 1 aromatic carbocycles. The van der Waals surface area contributed by atoms with Crippen LogP contribution in [0.1, 0.15) is 31.2 Å². The van der Waals surface area contributed by atoms with Crippen molar-refractivity contribution in [3.05, 3.63) is 35.1 Å². The molecule has 0 bridgehead atoms. The molecule has 0 atom stereocenters. The molecule has 0 saturated heterocycles. The maximum Gasteiger partial charge on any atom is 0.161 e. The van der Waals surface area contributed by atoms with E-state index in [1.807, 2.05) is 0 Å². The topological polar surface area (TPSA) is 21.3 Å². The molecule has 2 nitrogen and oxygen atoms in total. The largest absolute Gasteiger partial charge is 0.383 e. The summed E-state index contributed by atoms with van der Waals surface area (Å²) in [6.45, 7) is 2.48. The fourth-order valence-electron chi connectivity index (χ4n) is 1.97. The van der Waals surface area contributed by atoms with Crippen molar-refractivity contribution in [3.63, 3.8) is 0 Å². The van der Waals surface area contributed by atoms with Gasteiger partial charge in [-0.25, -0.2) is 13.2 Å². The van der Waals surface area contributed by atoms with E-state index in [9.17, 15) is 13.2 Å². The molecule has 0 aromatic heterocycles. The van der Waals surface area contributed by atoms with E-state index in [2.05, 4.69) is 5.32 Å². The molecule has 0 fully saturated rings. The van der Waals surface area contributed by atoms with E-state index in [1.54, 1.807) is 7.11 Å². The van der Waals surface area contributed by atoms with Crippen LogP contribution >= 0.6 is 0 Å². The summed E-state index contributed by atoms with van der Waals surface area (Å²) in [5.74, 6) is -2.78. The number of ether oxygens (including phenoxy) is 1. The van der Waals surface area contributed by atoms with Crippen molar-refractivity contribution < 1.29 is 17.9 Å². The quantitative estimate of drug-likeness (QED) is 0.526. The van der Waals surface area contributed by atoms with Crippen molar-refractivity contribution in [1.29, 1.82) is 0 Å². The summed E-state index contributed by atoms with van der Waals surface area (Å²) in [6.07, 6.45) is 4.25. The summed E-state index contributed by atoms with van der Waals surface area (Å²) in [7, 11) is 1.67. The third kappa shape index (κ3) is 6.39. The fraction of sp³-hybridized carbons (Fsp3) is 0.600. The van der Waals surface area contributed by atoms with E-state index < -0.39 is 17.5 Å². The van der Waals surface area contributed by atoms with Crippen molar-refractivity contribution in [2.75, 3.05) is 26.8 Å². The molecule has 0 aliphatic heterocycles. The maximum absolute atomic E-state index is 13.4. The SMILES string of the molecule is COCCNCCCCCCc1cc(F)c(F)cc1F. The molecule has 0 unspecified atom stereocenters. The highest BCUT2D eigenvalue weighted by molar-refractivity contribution is 5.20. The van der Waals surface area contributed by atoms with Crippen molar-refractivity contribution >= 4 is 0 Å². The number of benzene rings is 1. The maximum atomic E-state index is 13.4. The van der Waals surface area contributed by atoms with Gasteiger partial charge < -0.3 is 10.1 Å². The summed E-state index contributed by atoms with van der Waals surface area (Å²) in [4.78, 5) is 0. The van der Waals surface area contributed by atoms with E-state index >= 15 is 0 Å². The van der Waals surface area contributed by atoms with Gasteiger partial charge in [-0.3, -0.25) is 0 Å². The molecule has 5 heteroatoms. The number of unbranched alkanes of at least 4 members (excludes halogenated alkanes) is 3. The van der Waals surface area contributed by atoms with Crippen LogP contribution < -0.4 is 5.32 Å². The Hall–Kier alpha value is -1.07. The third-order valence-electron chi connectivity index (χ3n) is 3.12. The second-order valence-corrected chi connectivity index (χ2v) is 4.76. The van der Waals surface area contributed by atoms with Crippen LogP contribution in [0, 0.1) is 17.5 Å². The Balaban J connectivity index is 2.11. The molecule has 0 spiro atoms. The highest BCUT2D eigenvalue weighted by Crippen LogP contribution is 2.16. The van der Waals surface area contributed by atoms with Gasteiger partial charge in [-0.05, 0) is 37.4 Å². The van der Waals surface area contributed by atoms with Gasteiger partial charge in [0.05, 0.1) is 6.61 Å². The number of halogens is 3. The van der Waals surface area contributed by atoms with E-state index in [1.165, 1.54) is 0 Å². The Morgan fingerprint density at radius 1 is 0.900 bits per heavy atom. The van der Waals surface area contributed by atoms with Gasteiger partial charge in [0, 0.05) is 19.7 Å². The lowest BCUT2D eigenvalue weighted by Crippen LogP contribution is -2.20. The molecule has 114 valence electrons. The second-order valence-electron chi connectivity index (χ2n) is 4.76. The van der Waals surface area contributed by atoms with Gasteiger partial charge in [-0.1, -0.05) is 12.8 Å². The lowest BCUT2D eigenvalue weighted by molar-refractivity contribution is 0.199. The molecule has 0 saturated carbocycles. The first kappa shape index (κ1) is 17.0. The Bertz CT molecular complexity index is 399. The van der Waals surface area contributed by atoms with Crippen LogP contribution in [-0.2, 0) is 11.2 Å². The van der Waals surface area contributed by atoms with Gasteiger partial charge in [-0.2, -0.15) is 0 Å². The molecular weight excluding hydrogens is 267 g/mol. The molecule has 0 aliphatic carbocycles. The normalized spacial score (nSPS) is 11.0. The summed E-state index contributed by atoms with van der Waals surface area (Å²) < 4.78 is 44.0. The molecule has 20 heavy (non-hydrogen) atoms. The minimum Gasteiger partial charge on any atom is -0.383 e. The van der Waals surface area contributed by atoms with Gasteiger partial charge in [0.2, 0.25) is 0 Å². The van der Waals surface area contributed by atoms with Gasteiger partial charge in [-0.15, -0.1) is 0 Å². The molecule has 0 amide bonds.